The Labute approximate surface area is 604 Å². The van der Waals surface area contributed by atoms with Crippen LogP contribution in [-0.2, 0) is 114 Å². The van der Waals surface area contributed by atoms with Crippen molar-refractivity contribution in [2.75, 3.05) is 14.2 Å². The number of carbonyl (C=O) groups excluding carboxylic acids is 10. The van der Waals surface area contributed by atoms with E-state index in [4.69, 9.17) is 76.8 Å². The van der Waals surface area contributed by atoms with Gasteiger partial charge in [-0.05, 0) is 99.7 Å². The van der Waals surface area contributed by atoms with Gasteiger partial charge in [0.05, 0.1) is 109 Å². The first kappa shape index (κ1) is 70.5. The Kier molecular flexibility index (Phi) is 16.3. The van der Waals surface area contributed by atoms with Crippen LogP contribution < -0.4 is 0 Å². The molecule has 0 aromatic carbocycles. The number of nitriles is 2. The van der Waals surface area contributed by atoms with E-state index in [0.717, 1.165) is 50.4 Å². The maximum Gasteiger partial charge on any atom is 0.313 e. The van der Waals surface area contributed by atoms with Crippen molar-refractivity contribution in [3.05, 3.63) is 0 Å². The van der Waals surface area contributed by atoms with Crippen molar-refractivity contribution < 1.29 is 114 Å². The quantitative estimate of drug-likeness (QED) is 0.225. The Hall–Kier alpha value is -6.48. The summed E-state index contributed by atoms with van der Waals surface area (Å²) in [7, 11) is 2.72. The summed E-state index contributed by atoms with van der Waals surface area (Å²) < 4.78 is 74.5. The minimum absolute atomic E-state index is 0.0220. The Bertz CT molecular complexity index is 3660. The predicted octanol–water partition coefficient (Wildman–Crippen LogP) is 6.01. The zero-order valence-electron chi connectivity index (χ0n) is 61.4. The van der Waals surface area contributed by atoms with Gasteiger partial charge in [0.15, 0.2) is 0 Å². The van der Waals surface area contributed by atoms with Gasteiger partial charge in [-0.15, -0.1) is 0 Å². The predicted molar refractivity (Wildman–Crippen MR) is 347 cm³/mol. The van der Waals surface area contributed by atoms with Crippen molar-refractivity contribution in [1.29, 1.82) is 10.5 Å². The van der Waals surface area contributed by atoms with Gasteiger partial charge in [0.2, 0.25) is 0 Å². The van der Waals surface area contributed by atoms with Gasteiger partial charge in [0.25, 0.3) is 0 Å². The fourth-order valence-electron chi connectivity index (χ4n) is 25.9. The van der Waals surface area contributed by atoms with Crippen molar-refractivity contribution >= 4 is 59.7 Å². The number of fused-ring (bicyclic) bond motifs is 8. The zero-order valence-corrected chi connectivity index (χ0v) is 61.4. The van der Waals surface area contributed by atoms with Gasteiger partial charge in [-0.3, -0.25) is 47.9 Å². The van der Waals surface area contributed by atoms with Gasteiger partial charge >= 0.3 is 59.7 Å². The van der Waals surface area contributed by atoms with Crippen LogP contribution in [0.3, 0.4) is 0 Å². The molecule has 24 fully saturated rings. The summed E-state index contributed by atoms with van der Waals surface area (Å²) in [6, 6.07) is 4.47. The number of methoxy groups -OCH3 is 2. The second kappa shape index (κ2) is 24.0. The molecule has 8 saturated carbocycles. The monoisotopic (exact) mass is 1450 g/mol. The van der Waals surface area contributed by atoms with Crippen molar-refractivity contribution in [2.24, 2.45) is 164 Å². The van der Waals surface area contributed by atoms with Crippen LogP contribution in [0.5, 0.6) is 0 Å². The Morgan fingerprint density at radius 3 is 1.57 bits per heavy atom. The first-order valence-corrected chi connectivity index (χ1v) is 38.4. The van der Waals surface area contributed by atoms with Crippen molar-refractivity contribution in [3.8, 4) is 12.1 Å². The molecule has 0 amide bonds. The molecule has 41 atom stereocenters. The lowest BCUT2D eigenvalue weighted by Crippen LogP contribution is -2.43. The molecule has 0 aromatic heterocycles. The maximum absolute atomic E-state index is 11.7. The van der Waals surface area contributed by atoms with Gasteiger partial charge in [-0.1, -0.05) is 76.2 Å². The van der Waals surface area contributed by atoms with E-state index in [1.54, 1.807) is 0 Å². The molecule has 26 heteroatoms. The van der Waals surface area contributed by atoms with Gasteiger partial charge < -0.3 is 66.3 Å². The normalized spacial score (nSPS) is 54.1. The molecule has 24 aliphatic rings. The average molecular weight is 1450 g/mol. The molecule has 0 N–H and O–H groups in total. The van der Waals surface area contributed by atoms with E-state index < -0.39 is 11.8 Å². The molecule has 564 valence electrons. The lowest BCUT2D eigenvalue weighted by atomic mass is 9.67. The van der Waals surface area contributed by atoms with Crippen LogP contribution in [0.15, 0.2) is 0 Å². The van der Waals surface area contributed by atoms with Crippen molar-refractivity contribution in [1.82, 2.24) is 0 Å². The highest BCUT2D eigenvalue weighted by Crippen LogP contribution is 2.67. The molecule has 0 radical (unpaired) electrons. The highest BCUT2D eigenvalue weighted by atomic mass is 16.6. The van der Waals surface area contributed by atoms with E-state index in [2.05, 4.69) is 74.5 Å². The molecular formula is C78H98N2O24. The summed E-state index contributed by atoms with van der Waals surface area (Å²) >= 11 is 0. The first-order chi connectivity index (χ1) is 49.2. The standard InChI is InChI=1S/C11H14O4.C10H11NO3.C10H11NO2.C10H12O5.2C10H14O2.C9H12O3.C8H10O3/c1-4-5-3-6-8(7(5)10(12)14-2)11(13)15-9(4)6;1-10(2)7-4(3-11)5-6(13-7)8(10)14-9(5)12;1-4-5-2-6-8(7(5)3-11)10(12)13-9(4)6;1-3-6-4(9(11)13-2)5-8(14-6)7(3)15-10(5)12;1-10(2)5-3-6-7(4-5)9(11)12-8(6)10;1-5-6-3-7-8(4-6)12-9(11)10(5,7)2;1-9(2)5-3-4-6(11-5)7(9)12-8(4)10;1-3-5-2-4-7(10-5)6(3)11-8(4)9/h4-9H,3H2,1-2H3;4-8H,1-2H3;4-9H,2H2,1H3;3-8H,1-2H3;2*5-8H,3-4H2,1-2H3;4-7H,3H2,1-2H3;3-7H,2H2,1H3. The highest BCUT2D eigenvalue weighted by Gasteiger charge is 2.75. The minimum atomic E-state index is -0.471. The van der Waals surface area contributed by atoms with Crippen LogP contribution >= 0.6 is 0 Å². The SMILES string of the molecule is CC1(C)C2CC3C(=O)OC1C3C2.CC1(C)C2CC3C(=O)OC1C3O2.CC1(C)C2OC3C(C(=O)OC31)C2C#N.CC1C2CC3C(=O)OC1C3O2.CC1C2CC3C1OC(=O)C3C2C#N.CC1C2CC3OC(=O)C1(C)C3C2.COC(=O)C1C2CC3C(OC(=O)C31)C2C.COC(=O)C1C2OC3C(OC(=O)C31)C2C. The smallest absolute Gasteiger partial charge is 0.313 e. The first-order valence-electron chi connectivity index (χ1n) is 38.4. The average Bonchev–Trinajstić information content (AvgIpc) is 1.52. The molecule has 26 nitrogen and oxygen atoms in total. The molecule has 16 heterocycles. The fraction of sp³-hybridized carbons (Fsp3) is 0.846. The second-order valence-corrected chi connectivity index (χ2v) is 37.0. The van der Waals surface area contributed by atoms with Crippen LogP contribution in [0.1, 0.15) is 134 Å². The van der Waals surface area contributed by atoms with E-state index in [1.165, 1.54) is 27.1 Å². The third kappa shape index (κ3) is 9.51. The number of rotatable bonds is 2. The summed E-state index contributed by atoms with van der Waals surface area (Å²) in [5, 5.41) is 18.0. The minimum Gasteiger partial charge on any atom is -0.469 e. The van der Waals surface area contributed by atoms with Crippen LogP contribution in [0, 0.1) is 186 Å². The maximum atomic E-state index is 11.7. The topological polar surface area (TPSA) is 348 Å². The van der Waals surface area contributed by atoms with Crippen LogP contribution in [-0.4, -0.2) is 172 Å². The molecule has 41 unspecified atom stereocenters. The van der Waals surface area contributed by atoms with Crippen LogP contribution in [0.2, 0.25) is 0 Å². The molecule has 104 heavy (non-hydrogen) atoms. The number of ether oxygens (including phenoxy) is 14. The molecular weight excluding hydrogens is 1350 g/mol. The van der Waals surface area contributed by atoms with E-state index in [-0.39, 0.29) is 244 Å². The molecule has 16 aliphatic heterocycles. The summed E-state index contributed by atoms with van der Waals surface area (Å²) in [6.07, 6.45) is 8.86. The third-order valence-corrected chi connectivity index (χ3v) is 32.0. The lowest BCUT2D eigenvalue weighted by Gasteiger charge is -2.32. The van der Waals surface area contributed by atoms with Gasteiger partial charge in [0.1, 0.15) is 85.1 Å². The van der Waals surface area contributed by atoms with E-state index >= 15 is 0 Å². The summed E-state index contributed by atoms with van der Waals surface area (Å²) in [5.74, 6) is 2.51. The molecule has 0 aromatic rings. The summed E-state index contributed by atoms with van der Waals surface area (Å²) in [5.41, 5.74) is -0.0397. The Morgan fingerprint density at radius 2 is 0.952 bits per heavy atom. The Morgan fingerprint density at radius 1 is 0.394 bits per heavy atom. The largest absolute Gasteiger partial charge is 0.469 e. The number of hydrogen-bond acceptors (Lipinski definition) is 26. The van der Waals surface area contributed by atoms with E-state index in [0.29, 0.717) is 53.4 Å². The number of carbonyl (C=O) groups is 10. The molecule has 16 bridgehead atoms. The van der Waals surface area contributed by atoms with Gasteiger partial charge in [0, 0.05) is 51.8 Å². The van der Waals surface area contributed by atoms with E-state index in [1.807, 2.05) is 20.8 Å². The molecule has 24 rings (SSSR count). The van der Waals surface area contributed by atoms with Gasteiger partial charge in [-0.25, -0.2) is 0 Å². The lowest BCUT2D eigenvalue weighted by molar-refractivity contribution is -0.153. The fourth-order valence-corrected chi connectivity index (χ4v) is 25.9. The number of hydrogen-bond donors (Lipinski definition) is 0. The third-order valence-electron chi connectivity index (χ3n) is 32.0. The molecule has 16 saturated heterocycles. The zero-order chi connectivity index (χ0) is 73.8. The van der Waals surface area contributed by atoms with Crippen LogP contribution in [0.25, 0.3) is 0 Å². The highest BCUT2D eigenvalue weighted by molar-refractivity contribution is 5.87. The van der Waals surface area contributed by atoms with Crippen molar-refractivity contribution in [2.45, 2.75) is 232 Å². The van der Waals surface area contributed by atoms with Gasteiger partial charge in [-0.2, -0.15) is 10.5 Å². The molecule has 0 spiro atoms. The summed E-state index contributed by atoms with van der Waals surface area (Å²) in [6.45, 7) is 25.3. The number of esters is 10. The summed E-state index contributed by atoms with van der Waals surface area (Å²) in [4.78, 5) is 115. The number of nitrogens with zero attached hydrogens (tertiary/aromatic N) is 2. The molecule has 8 aliphatic carbocycles. The van der Waals surface area contributed by atoms with Crippen molar-refractivity contribution in [3.63, 3.8) is 0 Å². The Balaban J connectivity index is 0.0000000881. The van der Waals surface area contributed by atoms with E-state index in [9.17, 15) is 47.9 Å². The van der Waals surface area contributed by atoms with Crippen LogP contribution in [0.4, 0.5) is 0 Å². The second-order valence-electron chi connectivity index (χ2n) is 37.0.